The van der Waals surface area contributed by atoms with Crippen LogP contribution in [-0.4, -0.2) is 11.1 Å². The van der Waals surface area contributed by atoms with Gasteiger partial charge in [0.25, 0.3) is 0 Å². The van der Waals surface area contributed by atoms with Gasteiger partial charge in [0, 0.05) is 0 Å². The molecule has 0 aliphatic heterocycles. The molecule has 0 spiro atoms. The zero-order valence-electron chi connectivity index (χ0n) is 11.4. The molecular weight excluding hydrogens is 224 g/mol. The second-order valence-electron chi connectivity index (χ2n) is 5.83. The molecule has 0 heterocycles. The summed E-state index contributed by atoms with van der Waals surface area (Å²) in [5, 5.41) is 9.40. The number of aliphatic carboxylic acids is 1. The number of carbonyl (C=O) groups is 1. The third-order valence-corrected chi connectivity index (χ3v) is 4.25. The molecule has 3 atom stereocenters. The molecule has 0 saturated heterocycles. The third kappa shape index (κ3) is 2.58. The van der Waals surface area contributed by atoms with Crippen LogP contribution in [0.1, 0.15) is 48.8 Å². The monoisotopic (exact) mass is 246 g/mol. The van der Waals surface area contributed by atoms with Crippen LogP contribution >= 0.6 is 0 Å². The molecule has 1 saturated carbocycles. The minimum absolute atomic E-state index is 0.187. The van der Waals surface area contributed by atoms with E-state index in [1.54, 1.807) is 0 Å². The van der Waals surface area contributed by atoms with Gasteiger partial charge in [-0.25, -0.2) is 0 Å². The van der Waals surface area contributed by atoms with Gasteiger partial charge in [0.1, 0.15) is 0 Å². The van der Waals surface area contributed by atoms with Crippen molar-refractivity contribution >= 4 is 5.97 Å². The lowest BCUT2D eigenvalue weighted by Gasteiger charge is -2.33. The highest BCUT2D eigenvalue weighted by atomic mass is 16.4. The predicted octanol–water partition coefficient (Wildman–Crippen LogP) is 3.91. The first-order chi connectivity index (χ1) is 8.49. The SMILES string of the molecule is Cc1ccc(C2CC(C)CCC2C(=O)O)c(C)c1. The Hall–Kier alpha value is -1.31. The van der Waals surface area contributed by atoms with E-state index in [1.807, 2.05) is 0 Å². The van der Waals surface area contributed by atoms with Crippen molar-refractivity contribution in [3.05, 3.63) is 34.9 Å². The summed E-state index contributed by atoms with van der Waals surface area (Å²) in [4.78, 5) is 11.4. The first-order valence-electron chi connectivity index (χ1n) is 6.79. The molecule has 2 rings (SSSR count). The first-order valence-corrected chi connectivity index (χ1v) is 6.79. The maximum atomic E-state index is 11.4. The van der Waals surface area contributed by atoms with Crippen LogP contribution in [0.3, 0.4) is 0 Å². The summed E-state index contributed by atoms with van der Waals surface area (Å²) in [6.45, 7) is 6.41. The molecule has 1 aromatic carbocycles. The number of hydrogen-bond acceptors (Lipinski definition) is 1. The smallest absolute Gasteiger partial charge is 0.307 e. The van der Waals surface area contributed by atoms with Gasteiger partial charge in [0.05, 0.1) is 5.92 Å². The van der Waals surface area contributed by atoms with Gasteiger partial charge >= 0.3 is 5.97 Å². The van der Waals surface area contributed by atoms with E-state index in [0.29, 0.717) is 5.92 Å². The van der Waals surface area contributed by atoms with Crippen LogP contribution in [0.15, 0.2) is 18.2 Å². The Morgan fingerprint density at radius 3 is 2.61 bits per heavy atom. The molecule has 0 amide bonds. The largest absolute Gasteiger partial charge is 0.481 e. The van der Waals surface area contributed by atoms with Crippen molar-refractivity contribution < 1.29 is 9.90 Å². The molecule has 1 aliphatic carbocycles. The average molecular weight is 246 g/mol. The molecular formula is C16H22O2. The number of carboxylic acids is 1. The topological polar surface area (TPSA) is 37.3 Å². The maximum absolute atomic E-state index is 11.4. The first kappa shape index (κ1) is 13.1. The van der Waals surface area contributed by atoms with E-state index in [9.17, 15) is 9.90 Å². The molecule has 2 heteroatoms. The Labute approximate surface area is 109 Å². The van der Waals surface area contributed by atoms with Gasteiger partial charge in [-0.1, -0.05) is 30.7 Å². The fourth-order valence-corrected chi connectivity index (χ4v) is 3.26. The van der Waals surface area contributed by atoms with Crippen molar-refractivity contribution in [3.63, 3.8) is 0 Å². The number of benzene rings is 1. The summed E-state index contributed by atoms with van der Waals surface area (Å²) < 4.78 is 0. The maximum Gasteiger partial charge on any atom is 0.307 e. The van der Waals surface area contributed by atoms with Crippen LogP contribution in [0, 0.1) is 25.7 Å². The summed E-state index contributed by atoms with van der Waals surface area (Å²) >= 11 is 0. The van der Waals surface area contributed by atoms with Gasteiger partial charge in [-0.15, -0.1) is 0 Å². The second-order valence-corrected chi connectivity index (χ2v) is 5.83. The zero-order valence-corrected chi connectivity index (χ0v) is 11.4. The second kappa shape index (κ2) is 5.13. The average Bonchev–Trinajstić information content (AvgIpc) is 2.28. The summed E-state index contributed by atoms with van der Waals surface area (Å²) in [7, 11) is 0. The highest BCUT2D eigenvalue weighted by Gasteiger charge is 2.35. The van der Waals surface area contributed by atoms with Crippen molar-refractivity contribution in [2.24, 2.45) is 11.8 Å². The minimum atomic E-state index is -0.633. The van der Waals surface area contributed by atoms with Gasteiger partial charge in [0.15, 0.2) is 0 Å². The van der Waals surface area contributed by atoms with E-state index in [0.717, 1.165) is 19.3 Å². The molecule has 0 bridgehead atoms. The molecule has 0 radical (unpaired) electrons. The normalized spacial score (nSPS) is 28.1. The Kier molecular flexibility index (Phi) is 3.74. The van der Waals surface area contributed by atoms with Gasteiger partial charge < -0.3 is 5.11 Å². The van der Waals surface area contributed by atoms with Crippen molar-refractivity contribution in [1.29, 1.82) is 0 Å². The van der Waals surface area contributed by atoms with E-state index in [4.69, 9.17) is 0 Å². The number of hydrogen-bond donors (Lipinski definition) is 1. The van der Waals surface area contributed by atoms with E-state index in [1.165, 1.54) is 16.7 Å². The van der Waals surface area contributed by atoms with Crippen LogP contribution in [0.4, 0.5) is 0 Å². The van der Waals surface area contributed by atoms with Crippen molar-refractivity contribution in [1.82, 2.24) is 0 Å². The Morgan fingerprint density at radius 1 is 1.28 bits per heavy atom. The molecule has 1 aromatic rings. The Bertz CT molecular complexity index is 450. The third-order valence-electron chi connectivity index (χ3n) is 4.25. The molecule has 2 nitrogen and oxygen atoms in total. The zero-order chi connectivity index (χ0) is 13.3. The van der Waals surface area contributed by atoms with E-state index < -0.39 is 5.97 Å². The minimum Gasteiger partial charge on any atom is -0.481 e. The highest BCUT2D eigenvalue weighted by Crippen LogP contribution is 2.41. The van der Waals surface area contributed by atoms with Crippen molar-refractivity contribution in [2.75, 3.05) is 0 Å². The van der Waals surface area contributed by atoms with Crippen LogP contribution in [0.25, 0.3) is 0 Å². The summed E-state index contributed by atoms with van der Waals surface area (Å²) in [5.41, 5.74) is 3.71. The van der Waals surface area contributed by atoms with E-state index in [-0.39, 0.29) is 11.8 Å². The lowest BCUT2D eigenvalue weighted by Crippen LogP contribution is -2.28. The number of rotatable bonds is 2. The molecule has 0 aromatic heterocycles. The number of carboxylic acid groups (broad SMARTS) is 1. The molecule has 98 valence electrons. The fraction of sp³-hybridized carbons (Fsp3) is 0.562. The highest BCUT2D eigenvalue weighted by molar-refractivity contribution is 5.71. The van der Waals surface area contributed by atoms with Crippen molar-refractivity contribution in [3.8, 4) is 0 Å². The summed E-state index contributed by atoms with van der Waals surface area (Å²) in [6.07, 6.45) is 2.85. The van der Waals surface area contributed by atoms with Gasteiger partial charge in [-0.2, -0.15) is 0 Å². The lowest BCUT2D eigenvalue weighted by molar-refractivity contribution is -0.143. The number of aryl methyl sites for hydroxylation is 2. The van der Waals surface area contributed by atoms with Gasteiger partial charge in [-0.3, -0.25) is 4.79 Å². The van der Waals surface area contributed by atoms with Gasteiger partial charge in [0.2, 0.25) is 0 Å². The molecule has 18 heavy (non-hydrogen) atoms. The lowest BCUT2D eigenvalue weighted by atomic mass is 9.70. The quantitative estimate of drug-likeness (QED) is 0.859. The van der Waals surface area contributed by atoms with E-state index >= 15 is 0 Å². The Morgan fingerprint density at radius 2 is 2.00 bits per heavy atom. The fourth-order valence-electron chi connectivity index (χ4n) is 3.26. The van der Waals surface area contributed by atoms with Crippen LogP contribution in [0.2, 0.25) is 0 Å². The van der Waals surface area contributed by atoms with Gasteiger partial charge in [-0.05, 0) is 56.1 Å². The predicted molar refractivity (Wildman–Crippen MR) is 72.8 cm³/mol. The summed E-state index contributed by atoms with van der Waals surface area (Å²) in [6, 6.07) is 6.39. The van der Waals surface area contributed by atoms with E-state index in [2.05, 4.69) is 39.0 Å². The molecule has 1 fully saturated rings. The van der Waals surface area contributed by atoms with Crippen LogP contribution in [0.5, 0.6) is 0 Å². The summed E-state index contributed by atoms with van der Waals surface area (Å²) in [5.74, 6) is -0.0207. The molecule has 3 unspecified atom stereocenters. The Balaban J connectivity index is 2.35. The van der Waals surface area contributed by atoms with Crippen molar-refractivity contribution in [2.45, 2.75) is 46.0 Å². The molecule has 1 N–H and O–H groups in total. The standard InChI is InChI=1S/C16H22O2/c1-10-4-6-13(12(3)8-10)15-9-11(2)5-7-14(15)16(17)18/h4,6,8,11,14-15H,5,7,9H2,1-3H3,(H,17,18). The molecule has 1 aliphatic rings. The van der Waals surface area contributed by atoms with Crippen LogP contribution < -0.4 is 0 Å². The van der Waals surface area contributed by atoms with Crippen LogP contribution in [-0.2, 0) is 4.79 Å².